The van der Waals surface area contributed by atoms with Crippen molar-refractivity contribution in [3.05, 3.63) is 93.8 Å². The van der Waals surface area contributed by atoms with Crippen LogP contribution in [-0.2, 0) is 17.9 Å². The number of nitrogens with zero attached hydrogens (tertiary/aromatic N) is 3. The molecule has 0 spiro atoms. The summed E-state index contributed by atoms with van der Waals surface area (Å²) >= 11 is 0. The van der Waals surface area contributed by atoms with Crippen molar-refractivity contribution in [3.63, 3.8) is 0 Å². The van der Waals surface area contributed by atoms with Crippen LogP contribution in [0.15, 0.2) is 67.0 Å². The number of ether oxygens (including phenoxy) is 1. The number of carbonyl (C=O) groups excluding carboxylic acids is 1. The first-order chi connectivity index (χ1) is 12.1. The van der Waals surface area contributed by atoms with Gasteiger partial charge in [0.05, 0.1) is 28.8 Å². The average Bonchev–Trinajstić information content (AvgIpc) is 3.09. The summed E-state index contributed by atoms with van der Waals surface area (Å²) in [6.07, 6.45) is 3.01. The second-order valence-electron chi connectivity index (χ2n) is 5.37. The minimum absolute atomic E-state index is 0.0740. The maximum Gasteiger partial charge on any atom is 0.341 e. The van der Waals surface area contributed by atoms with Gasteiger partial charge in [0, 0.05) is 12.3 Å². The van der Waals surface area contributed by atoms with Crippen LogP contribution in [0.2, 0.25) is 0 Å². The number of esters is 1. The number of rotatable bonds is 6. The number of hydrogen-bond acceptors (Lipinski definition) is 5. The molecule has 0 atom stereocenters. The van der Waals surface area contributed by atoms with Gasteiger partial charge in [0.25, 0.3) is 5.69 Å². The van der Waals surface area contributed by atoms with Crippen molar-refractivity contribution in [1.82, 2.24) is 9.78 Å². The molecule has 2 aromatic carbocycles. The maximum absolute atomic E-state index is 12.1. The lowest BCUT2D eigenvalue weighted by Gasteiger charge is -2.04. The van der Waals surface area contributed by atoms with Crippen molar-refractivity contribution in [3.8, 4) is 0 Å². The molecule has 7 nitrogen and oxygen atoms in total. The number of para-hydroxylation sites is 1. The zero-order valence-electron chi connectivity index (χ0n) is 13.2. The Hall–Kier alpha value is -3.48. The first-order valence-electron chi connectivity index (χ1n) is 7.59. The van der Waals surface area contributed by atoms with E-state index in [9.17, 15) is 14.9 Å². The molecule has 0 saturated heterocycles. The summed E-state index contributed by atoms with van der Waals surface area (Å²) in [6, 6.07) is 15.9. The minimum atomic E-state index is -0.572. The van der Waals surface area contributed by atoms with Crippen LogP contribution < -0.4 is 0 Å². The summed E-state index contributed by atoms with van der Waals surface area (Å²) in [5.74, 6) is -0.572. The predicted molar refractivity (Wildman–Crippen MR) is 90.0 cm³/mol. The van der Waals surface area contributed by atoms with Gasteiger partial charge in [-0.25, -0.2) is 4.79 Å². The van der Waals surface area contributed by atoms with Crippen LogP contribution >= 0.6 is 0 Å². The average molecular weight is 337 g/mol. The fourth-order valence-corrected chi connectivity index (χ4v) is 2.36. The van der Waals surface area contributed by atoms with E-state index in [2.05, 4.69) is 5.10 Å². The van der Waals surface area contributed by atoms with Gasteiger partial charge >= 0.3 is 5.97 Å². The van der Waals surface area contributed by atoms with Crippen molar-refractivity contribution >= 4 is 11.7 Å². The monoisotopic (exact) mass is 337 g/mol. The third-order valence-corrected chi connectivity index (χ3v) is 3.60. The molecule has 25 heavy (non-hydrogen) atoms. The largest absolute Gasteiger partial charge is 0.457 e. The number of aromatic nitrogens is 2. The molecule has 3 aromatic rings. The van der Waals surface area contributed by atoms with Crippen LogP contribution in [0.4, 0.5) is 5.69 Å². The molecule has 0 aliphatic carbocycles. The molecule has 3 rings (SSSR count). The van der Waals surface area contributed by atoms with E-state index in [4.69, 9.17) is 4.74 Å². The van der Waals surface area contributed by atoms with Crippen LogP contribution in [0.1, 0.15) is 21.5 Å². The predicted octanol–water partition coefficient (Wildman–Crippen LogP) is 3.20. The van der Waals surface area contributed by atoms with Gasteiger partial charge in [0.2, 0.25) is 0 Å². The summed E-state index contributed by atoms with van der Waals surface area (Å²) in [6.45, 7) is 0.373. The van der Waals surface area contributed by atoms with Crippen molar-refractivity contribution in [2.45, 2.75) is 13.2 Å². The van der Waals surface area contributed by atoms with Gasteiger partial charge in [-0.05, 0) is 11.6 Å². The third kappa shape index (κ3) is 4.08. The molecule has 0 unspecified atom stereocenters. The normalized spacial score (nSPS) is 10.4. The summed E-state index contributed by atoms with van der Waals surface area (Å²) in [5, 5.41) is 15.1. The molecule has 126 valence electrons. The van der Waals surface area contributed by atoms with E-state index in [1.54, 1.807) is 29.1 Å². The molecule has 0 aliphatic rings. The SMILES string of the molecule is O=C(OCc1ccccc1[N+](=O)[O-])c1cnn(Cc2ccccc2)c1. The van der Waals surface area contributed by atoms with E-state index in [0.717, 1.165) is 5.56 Å². The second-order valence-corrected chi connectivity index (χ2v) is 5.37. The summed E-state index contributed by atoms with van der Waals surface area (Å²) in [7, 11) is 0. The fraction of sp³-hybridized carbons (Fsp3) is 0.111. The Morgan fingerprint density at radius 2 is 1.84 bits per heavy atom. The fourth-order valence-electron chi connectivity index (χ4n) is 2.36. The van der Waals surface area contributed by atoms with Crippen LogP contribution in [0.25, 0.3) is 0 Å². The van der Waals surface area contributed by atoms with E-state index in [1.807, 2.05) is 30.3 Å². The van der Waals surface area contributed by atoms with Crippen molar-refractivity contribution in [1.29, 1.82) is 0 Å². The highest BCUT2D eigenvalue weighted by Crippen LogP contribution is 2.19. The molecule has 0 saturated carbocycles. The molecule has 0 amide bonds. The number of benzene rings is 2. The number of carbonyl (C=O) groups is 1. The maximum atomic E-state index is 12.1. The Labute approximate surface area is 143 Å². The quantitative estimate of drug-likeness (QED) is 0.391. The Morgan fingerprint density at radius 3 is 2.60 bits per heavy atom. The molecule has 0 aliphatic heterocycles. The second kappa shape index (κ2) is 7.39. The smallest absolute Gasteiger partial charge is 0.341 e. The Bertz CT molecular complexity index is 890. The molecular weight excluding hydrogens is 322 g/mol. The van der Waals surface area contributed by atoms with Gasteiger partial charge < -0.3 is 4.74 Å². The van der Waals surface area contributed by atoms with Crippen LogP contribution in [0.5, 0.6) is 0 Å². The van der Waals surface area contributed by atoms with Gasteiger partial charge in [0.15, 0.2) is 0 Å². The van der Waals surface area contributed by atoms with Gasteiger partial charge in [0.1, 0.15) is 6.61 Å². The summed E-state index contributed by atoms with van der Waals surface area (Å²) in [5.41, 5.74) is 1.63. The lowest BCUT2D eigenvalue weighted by atomic mass is 10.2. The topological polar surface area (TPSA) is 87.3 Å². The molecule has 0 radical (unpaired) electrons. The third-order valence-electron chi connectivity index (χ3n) is 3.60. The van der Waals surface area contributed by atoms with Gasteiger partial charge in [-0.1, -0.05) is 42.5 Å². The zero-order valence-corrected chi connectivity index (χ0v) is 13.2. The lowest BCUT2D eigenvalue weighted by molar-refractivity contribution is -0.385. The zero-order chi connectivity index (χ0) is 17.6. The molecule has 1 heterocycles. The summed E-state index contributed by atoms with van der Waals surface area (Å²) in [4.78, 5) is 22.6. The molecule has 7 heteroatoms. The lowest BCUT2D eigenvalue weighted by Crippen LogP contribution is -2.06. The number of nitro groups is 1. The highest BCUT2D eigenvalue weighted by atomic mass is 16.6. The van der Waals surface area contributed by atoms with Crippen molar-refractivity contribution in [2.24, 2.45) is 0 Å². The van der Waals surface area contributed by atoms with Crippen LogP contribution in [0.3, 0.4) is 0 Å². The first-order valence-corrected chi connectivity index (χ1v) is 7.59. The molecule has 0 fully saturated rings. The van der Waals surface area contributed by atoms with Crippen molar-refractivity contribution in [2.75, 3.05) is 0 Å². The van der Waals surface area contributed by atoms with E-state index in [-0.39, 0.29) is 12.3 Å². The molecule has 1 aromatic heterocycles. The Balaban J connectivity index is 1.64. The molecule has 0 bridgehead atoms. The van der Waals surface area contributed by atoms with E-state index >= 15 is 0 Å². The summed E-state index contributed by atoms with van der Waals surface area (Å²) < 4.78 is 6.81. The highest BCUT2D eigenvalue weighted by Gasteiger charge is 2.16. The van der Waals surface area contributed by atoms with Crippen molar-refractivity contribution < 1.29 is 14.5 Å². The van der Waals surface area contributed by atoms with Gasteiger partial charge in [-0.2, -0.15) is 5.10 Å². The number of nitro benzene ring substituents is 1. The first kappa shape index (κ1) is 16.4. The van der Waals surface area contributed by atoms with Crippen LogP contribution in [0, 0.1) is 10.1 Å². The van der Waals surface area contributed by atoms with Gasteiger partial charge in [-0.3, -0.25) is 14.8 Å². The Kier molecular flexibility index (Phi) is 4.84. The standard InChI is InChI=1S/C18H15N3O4/c22-18(25-13-15-8-4-5-9-17(15)21(23)24)16-10-19-20(12-16)11-14-6-2-1-3-7-14/h1-10,12H,11,13H2. The number of hydrogen-bond donors (Lipinski definition) is 0. The van der Waals surface area contributed by atoms with Gasteiger partial charge in [-0.15, -0.1) is 0 Å². The molecular formula is C18H15N3O4. The Morgan fingerprint density at radius 1 is 1.12 bits per heavy atom. The molecule has 0 N–H and O–H groups in total. The highest BCUT2D eigenvalue weighted by molar-refractivity contribution is 5.88. The van der Waals surface area contributed by atoms with Crippen LogP contribution in [-0.4, -0.2) is 20.7 Å². The van der Waals surface area contributed by atoms with E-state index < -0.39 is 10.9 Å². The van der Waals surface area contributed by atoms with E-state index in [0.29, 0.717) is 17.7 Å². The van der Waals surface area contributed by atoms with E-state index in [1.165, 1.54) is 12.3 Å². The minimum Gasteiger partial charge on any atom is -0.457 e.